The Morgan fingerprint density at radius 2 is 2.30 bits per heavy atom. The van der Waals surface area contributed by atoms with E-state index < -0.39 is 0 Å². The number of H-pyrrole nitrogens is 1. The monoisotopic (exact) mass is 270 g/mol. The molecule has 0 saturated heterocycles. The Balaban J connectivity index is 1.84. The number of rotatable bonds is 3. The highest BCUT2D eigenvalue weighted by Crippen LogP contribution is 2.10. The molecule has 0 fully saturated rings. The summed E-state index contributed by atoms with van der Waals surface area (Å²) in [6.07, 6.45) is 3.14. The van der Waals surface area contributed by atoms with Crippen molar-refractivity contribution in [2.45, 2.75) is 19.9 Å². The third-order valence-corrected chi connectivity index (χ3v) is 3.12. The van der Waals surface area contributed by atoms with E-state index in [0.29, 0.717) is 11.5 Å². The molecule has 0 aliphatic heterocycles. The number of hydrogen-bond acceptors (Lipinski definition) is 4. The van der Waals surface area contributed by atoms with Gasteiger partial charge in [-0.05, 0) is 26.0 Å². The lowest BCUT2D eigenvalue weighted by Crippen LogP contribution is -2.27. The standard InChI is InChI=1S/C13H14N6O/c1-8-4-3-5-11-17-10(6-19(8)11)13(20)16-9(2)12-14-7-15-18-12/h3-7,9H,1-2H3,(H,16,20)(H,14,15,18). The number of carbonyl (C=O) groups is 1. The summed E-state index contributed by atoms with van der Waals surface area (Å²) in [5.41, 5.74) is 2.16. The fraction of sp³-hybridized carbons (Fsp3) is 0.231. The number of aryl methyl sites for hydroxylation is 1. The van der Waals surface area contributed by atoms with E-state index in [1.54, 1.807) is 6.20 Å². The van der Waals surface area contributed by atoms with Crippen molar-refractivity contribution in [1.82, 2.24) is 29.9 Å². The normalized spacial score (nSPS) is 12.5. The Bertz CT molecular complexity index is 745. The van der Waals surface area contributed by atoms with Crippen molar-refractivity contribution in [3.63, 3.8) is 0 Å². The summed E-state index contributed by atoms with van der Waals surface area (Å²) in [6.45, 7) is 3.80. The Hall–Kier alpha value is -2.70. The molecule has 0 spiro atoms. The SMILES string of the molecule is Cc1cccc2nc(C(=O)NC(C)c3ncn[nH]3)cn12. The minimum atomic E-state index is -0.254. The summed E-state index contributed by atoms with van der Waals surface area (Å²) in [5.74, 6) is 0.371. The van der Waals surface area contributed by atoms with Gasteiger partial charge in [0.25, 0.3) is 5.91 Å². The first-order valence-corrected chi connectivity index (χ1v) is 6.26. The van der Waals surface area contributed by atoms with Gasteiger partial charge >= 0.3 is 0 Å². The van der Waals surface area contributed by atoms with Crippen LogP contribution >= 0.6 is 0 Å². The molecular weight excluding hydrogens is 256 g/mol. The summed E-state index contributed by atoms with van der Waals surface area (Å²) in [4.78, 5) is 20.5. The Morgan fingerprint density at radius 3 is 3.00 bits per heavy atom. The molecule has 2 N–H and O–H groups in total. The van der Waals surface area contributed by atoms with Gasteiger partial charge in [0.15, 0.2) is 0 Å². The van der Waals surface area contributed by atoms with Crippen LogP contribution in [0.2, 0.25) is 0 Å². The third kappa shape index (κ3) is 2.13. The zero-order valence-electron chi connectivity index (χ0n) is 11.2. The second-order valence-electron chi connectivity index (χ2n) is 4.59. The number of aromatic nitrogens is 5. The average Bonchev–Trinajstić information content (AvgIpc) is 3.08. The summed E-state index contributed by atoms with van der Waals surface area (Å²) in [5, 5.41) is 9.32. The van der Waals surface area contributed by atoms with Crippen molar-refractivity contribution in [1.29, 1.82) is 0 Å². The lowest BCUT2D eigenvalue weighted by molar-refractivity contribution is 0.0934. The van der Waals surface area contributed by atoms with E-state index in [4.69, 9.17) is 0 Å². The van der Waals surface area contributed by atoms with Crippen molar-refractivity contribution in [3.05, 3.63) is 47.9 Å². The number of hydrogen-bond donors (Lipinski definition) is 2. The van der Waals surface area contributed by atoms with Crippen LogP contribution in [0, 0.1) is 6.92 Å². The van der Waals surface area contributed by atoms with Crippen molar-refractivity contribution in [2.24, 2.45) is 0 Å². The van der Waals surface area contributed by atoms with Gasteiger partial charge in [0, 0.05) is 11.9 Å². The molecule has 3 aromatic rings. The molecule has 3 rings (SSSR count). The lowest BCUT2D eigenvalue weighted by Gasteiger charge is -2.09. The van der Waals surface area contributed by atoms with Gasteiger partial charge in [-0.3, -0.25) is 9.89 Å². The van der Waals surface area contributed by atoms with Crippen LogP contribution in [-0.2, 0) is 0 Å². The molecule has 7 nitrogen and oxygen atoms in total. The summed E-state index contributed by atoms with van der Waals surface area (Å²) in [6, 6.07) is 5.49. The largest absolute Gasteiger partial charge is 0.341 e. The first kappa shape index (κ1) is 12.3. The van der Waals surface area contributed by atoms with E-state index in [9.17, 15) is 4.79 Å². The highest BCUT2D eigenvalue weighted by atomic mass is 16.2. The van der Waals surface area contributed by atoms with Crippen LogP contribution in [0.25, 0.3) is 5.65 Å². The molecule has 0 aromatic carbocycles. The van der Waals surface area contributed by atoms with Crippen LogP contribution in [0.4, 0.5) is 0 Å². The molecule has 7 heteroatoms. The Labute approximate surface area is 115 Å². The first-order valence-electron chi connectivity index (χ1n) is 6.26. The summed E-state index contributed by atoms with van der Waals surface area (Å²) in [7, 11) is 0. The topological polar surface area (TPSA) is 88.0 Å². The lowest BCUT2D eigenvalue weighted by atomic mass is 10.3. The number of nitrogens with zero attached hydrogens (tertiary/aromatic N) is 4. The average molecular weight is 270 g/mol. The van der Waals surface area contributed by atoms with Crippen LogP contribution in [-0.4, -0.2) is 30.5 Å². The molecule has 102 valence electrons. The highest BCUT2D eigenvalue weighted by molar-refractivity contribution is 5.93. The molecule has 0 radical (unpaired) electrons. The van der Waals surface area contributed by atoms with Crippen LogP contribution in [0.3, 0.4) is 0 Å². The van der Waals surface area contributed by atoms with E-state index in [-0.39, 0.29) is 11.9 Å². The summed E-state index contributed by atoms with van der Waals surface area (Å²) >= 11 is 0. The number of carbonyl (C=O) groups excluding carboxylic acids is 1. The molecule has 3 aromatic heterocycles. The molecule has 0 saturated carbocycles. The highest BCUT2D eigenvalue weighted by Gasteiger charge is 2.16. The van der Waals surface area contributed by atoms with Gasteiger partial charge in [-0.2, -0.15) is 5.10 Å². The predicted molar refractivity (Wildman–Crippen MR) is 72.2 cm³/mol. The molecule has 1 unspecified atom stereocenters. The minimum absolute atomic E-state index is 0.239. The quantitative estimate of drug-likeness (QED) is 0.749. The second-order valence-corrected chi connectivity index (χ2v) is 4.59. The van der Waals surface area contributed by atoms with E-state index >= 15 is 0 Å². The third-order valence-electron chi connectivity index (χ3n) is 3.12. The molecule has 0 aliphatic rings. The van der Waals surface area contributed by atoms with Gasteiger partial charge in [0.1, 0.15) is 23.5 Å². The zero-order valence-corrected chi connectivity index (χ0v) is 11.2. The van der Waals surface area contributed by atoms with Crippen molar-refractivity contribution in [2.75, 3.05) is 0 Å². The number of nitrogens with one attached hydrogen (secondary N) is 2. The van der Waals surface area contributed by atoms with Gasteiger partial charge in [0.2, 0.25) is 0 Å². The van der Waals surface area contributed by atoms with Crippen LogP contribution in [0.15, 0.2) is 30.7 Å². The van der Waals surface area contributed by atoms with Gasteiger partial charge < -0.3 is 9.72 Å². The van der Waals surface area contributed by atoms with E-state index in [0.717, 1.165) is 11.3 Å². The van der Waals surface area contributed by atoms with Crippen LogP contribution < -0.4 is 5.32 Å². The fourth-order valence-corrected chi connectivity index (χ4v) is 2.02. The van der Waals surface area contributed by atoms with Gasteiger partial charge in [-0.1, -0.05) is 6.07 Å². The maximum absolute atomic E-state index is 12.2. The number of imidazole rings is 1. The van der Waals surface area contributed by atoms with Gasteiger partial charge in [-0.15, -0.1) is 0 Å². The molecule has 0 aliphatic carbocycles. The zero-order chi connectivity index (χ0) is 14.1. The van der Waals surface area contributed by atoms with Crippen molar-refractivity contribution >= 4 is 11.6 Å². The number of fused-ring (bicyclic) bond motifs is 1. The van der Waals surface area contributed by atoms with E-state index in [1.807, 2.05) is 36.4 Å². The number of aromatic amines is 1. The summed E-state index contributed by atoms with van der Waals surface area (Å²) < 4.78 is 1.88. The predicted octanol–water partition coefficient (Wildman–Crippen LogP) is 1.25. The van der Waals surface area contributed by atoms with Gasteiger partial charge in [0.05, 0.1) is 6.04 Å². The molecule has 3 heterocycles. The smallest absolute Gasteiger partial charge is 0.272 e. The maximum atomic E-state index is 12.2. The van der Waals surface area contributed by atoms with Crippen molar-refractivity contribution < 1.29 is 4.79 Å². The van der Waals surface area contributed by atoms with Crippen molar-refractivity contribution in [3.8, 4) is 0 Å². The minimum Gasteiger partial charge on any atom is -0.341 e. The fourth-order valence-electron chi connectivity index (χ4n) is 2.02. The number of pyridine rings is 1. The molecule has 0 bridgehead atoms. The van der Waals surface area contributed by atoms with E-state index in [1.165, 1.54) is 6.33 Å². The molecular formula is C13H14N6O. The molecule has 20 heavy (non-hydrogen) atoms. The Kier molecular flexibility index (Phi) is 2.94. The first-order chi connectivity index (χ1) is 9.65. The molecule has 1 atom stereocenters. The molecule has 1 amide bonds. The maximum Gasteiger partial charge on any atom is 0.272 e. The Morgan fingerprint density at radius 1 is 1.45 bits per heavy atom. The number of amides is 1. The second kappa shape index (κ2) is 4.76. The van der Waals surface area contributed by atoms with Crippen LogP contribution in [0.1, 0.15) is 35.0 Å². The van der Waals surface area contributed by atoms with E-state index in [2.05, 4.69) is 25.5 Å². The van der Waals surface area contributed by atoms with Crippen LogP contribution in [0.5, 0.6) is 0 Å². The van der Waals surface area contributed by atoms with Gasteiger partial charge in [-0.25, -0.2) is 9.97 Å².